The van der Waals surface area contributed by atoms with Crippen LogP contribution < -0.4 is 9.46 Å². The summed E-state index contributed by atoms with van der Waals surface area (Å²) in [6.45, 7) is 1.51. The number of sulfonamides is 1. The molecule has 112 valence electrons. The number of hydrogen-bond donors (Lipinski definition) is 1. The van der Waals surface area contributed by atoms with E-state index in [0.29, 0.717) is 10.2 Å². The third-order valence-electron chi connectivity index (χ3n) is 2.95. The van der Waals surface area contributed by atoms with Gasteiger partial charge in [0, 0.05) is 5.56 Å². The number of nitrogens with one attached hydrogen (secondary N) is 1. The SMILES string of the molecule is COc1ccc(S(=O)(=O)Nc2cccc(F)c2C)cc1Br. The highest BCUT2D eigenvalue weighted by Gasteiger charge is 2.17. The molecular weight excluding hydrogens is 361 g/mol. The van der Waals surface area contributed by atoms with Crippen LogP contribution in [0.4, 0.5) is 10.1 Å². The Morgan fingerprint density at radius 2 is 1.95 bits per heavy atom. The molecular formula is C14H13BrFNO3S. The van der Waals surface area contributed by atoms with E-state index in [2.05, 4.69) is 20.7 Å². The zero-order chi connectivity index (χ0) is 15.6. The summed E-state index contributed by atoms with van der Waals surface area (Å²) < 4.78 is 46.1. The van der Waals surface area contributed by atoms with E-state index < -0.39 is 15.8 Å². The second-order valence-corrected chi connectivity index (χ2v) is 6.85. The lowest BCUT2D eigenvalue weighted by molar-refractivity contribution is 0.411. The molecule has 4 nitrogen and oxygen atoms in total. The van der Waals surface area contributed by atoms with Crippen molar-refractivity contribution in [1.82, 2.24) is 0 Å². The van der Waals surface area contributed by atoms with Gasteiger partial charge in [0.2, 0.25) is 0 Å². The lowest BCUT2D eigenvalue weighted by Crippen LogP contribution is -2.14. The molecule has 21 heavy (non-hydrogen) atoms. The molecule has 7 heteroatoms. The van der Waals surface area contributed by atoms with Crippen molar-refractivity contribution in [3.63, 3.8) is 0 Å². The van der Waals surface area contributed by atoms with Gasteiger partial charge in [-0.25, -0.2) is 12.8 Å². The predicted octanol–water partition coefficient (Wildman–Crippen LogP) is 3.71. The van der Waals surface area contributed by atoms with Crippen LogP contribution in [-0.2, 0) is 10.0 Å². The topological polar surface area (TPSA) is 55.4 Å². The molecule has 0 amide bonds. The summed E-state index contributed by atoms with van der Waals surface area (Å²) >= 11 is 3.23. The van der Waals surface area contributed by atoms with Gasteiger partial charge in [-0.3, -0.25) is 4.72 Å². The van der Waals surface area contributed by atoms with Crippen molar-refractivity contribution in [2.24, 2.45) is 0 Å². The highest BCUT2D eigenvalue weighted by molar-refractivity contribution is 9.10. The minimum atomic E-state index is -3.80. The molecule has 2 aromatic carbocycles. The number of halogens is 2. The highest BCUT2D eigenvalue weighted by atomic mass is 79.9. The van der Waals surface area contributed by atoms with E-state index in [9.17, 15) is 12.8 Å². The number of benzene rings is 2. The van der Waals surface area contributed by atoms with Gasteiger partial charge in [-0.2, -0.15) is 0 Å². The van der Waals surface area contributed by atoms with Crippen LogP contribution in [0, 0.1) is 12.7 Å². The largest absolute Gasteiger partial charge is 0.496 e. The summed E-state index contributed by atoms with van der Waals surface area (Å²) in [5.41, 5.74) is 0.454. The molecule has 0 aliphatic carbocycles. The first-order chi connectivity index (χ1) is 9.85. The summed E-state index contributed by atoms with van der Waals surface area (Å²) in [4.78, 5) is 0.0545. The van der Waals surface area contributed by atoms with Gasteiger partial charge in [-0.15, -0.1) is 0 Å². The average molecular weight is 374 g/mol. The number of ether oxygens (including phenoxy) is 1. The molecule has 0 spiro atoms. The van der Waals surface area contributed by atoms with Gasteiger partial charge in [0.15, 0.2) is 0 Å². The molecule has 0 saturated carbocycles. The molecule has 0 saturated heterocycles. The van der Waals surface area contributed by atoms with Gasteiger partial charge in [0.25, 0.3) is 10.0 Å². The van der Waals surface area contributed by atoms with Crippen LogP contribution in [0.3, 0.4) is 0 Å². The van der Waals surface area contributed by atoms with Crippen molar-refractivity contribution < 1.29 is 17.5 Å². The number of methoxy groups -OCH3 is 1. The summed E-state index contributed by atoms with van der Waals surface area (Å²) in [7, 11) is -2.31. The van der Waals surface area contributed by atoms with E-state index in [1.165, 1.54) is 50.4 Å². The van der Waals surface area contributed by atoms with E-state index in [4.69, 9.17) is 4.74 Å². The Morgan fingerprint density at radius 3 is 2.57 bits per heavy atom. The fourth-order valence-electron chi connectivity index (χ4n) is 1.74. The van der Waals surface area contributed by atoms with Crippen LogP contribution >= 0.6 is 15.9 Å². The molecule has 0 bridgehead atoms. The van der Waals surface area contributed by atoms with Crippen LogP contribution in [-0.4, -0.2) is 15.5 Å². The summed E-state index contributed by atoms with van der Waals surface area (Å²) in [5, 5.41) is 0. The molecule has 0 heterocycles. The summed E-state index contributed by atoms with van der Waals surface area (Å²) in [6, 6.07) is 8.61. The standard InChI is InChI=1S/C14H13BrFNO3S/c1-9-12(16)4-3-5-13(9)17-21(18,19)10-6-7-14(20-2)11(15)8-10/h3-8,17H,1-2H3. The third-order valence-corrected chi connectivity index (χ3v) is 4.93. The Kier molecular flexibility index (Phi) is 4.53. The molecule has 2 aromatic rings. The quantitative estimate of drug-likeness (QED) is 0.888. The molecule has 0 aromatic heterocycles. The van der Waals surface area contributed by atoms with Crippen molar-refractivity contribution in [1.29, 1.82) is 0 Å². The Morgan fingerprint density at radius 1 is 1.24 bits per heavy atom. The average Bonchev–Trinajstić information content (AvgIpc) is 2.43. The van der Waals surface area contributed by atoms with Crippen molar-refractivity contribution in [2.45, 2.75) is 11.8 Å². The van der Waals surface area contributed by atoms with Crippen molar-refractivity contribution in [3.8, 4) is 5.75 Å². The second kappa shape index (κ2) is 6.03. The summed E-state index contributed by atoms with van der Waals surface area (Å²) in [5.74, 6) is 0.0574. The van der Waals surface area contributed by atoms with Crippen molar-refractivity contribution >= 4 is 31.6 Å². The lowest BCUT2D eigenvalue weighted by atomic mass is 10.2. The molecule has 1 N–H and O–H groups in total. The van der Waals surface area contributed by atoms with Gasteiger partial charge in [0.05, 0.1) is 22.2 Å². The molecule has 0 aliphatic heterocycles. The smallest absolute Gasteiger partial charge is 0.261 e. The van der Waals surface area contributed by atoms with E-state index in [0.717, 1.165) is 0 Å². The minimum absolute atomic E-state index is 0.0545. The minimum Gasteiger partial charge on any atom is -0.496 e. The van der Waals surface area contributed by atoms with Crippen molar-refractivity contribution in [2.75, 3.05) is 11.8 Å². The van der Waals surface area contributed by atoms with Crippen LogP contribution in [0.2, 0.25) is 0 Å². The van der Waals surface area contributed by atoms with E-state index >= 15 is 0 Å². The maximum Gasteiger partial charge on any atom is 0.261 e. The first kappa shape index (κ1) is 15.8. The number of rotatable bonds is 4. The predicted molar refractivity (Wildman–Crippen MR) is 82.6 cm³/mol. The molecule has 0 unspecified atom stereocenters. The molecule has 0 radical (unpaired) electrons. The Labute approximate surface area is 131 Å². The van der Waals surface area contributed by atoms with Crippen LogP contribution in [0.1, 0.15) is 5.56 Å². The van der Waals surface area contributed by atoms with E-state index in [1.807, 2.05) is 0 Å². The molecule has 0 aliphatic rings. The monoisotopic (exact) mass is 373 g/mol. The normalized spacial score (nSPS) is 11.2. The number of hydrogen-bond acceptors (Lipinski definition) is 3. The maximum absolute atomic E-state index is 13.5. The highest BCUT2D eigenvalue weighted by Crippen LogP contribution is 2.29. The Balaban J connectivity index is 2.39. The molecule has 0 atom stereocenters. The molecule has 2 rings (SSSR count). The first-order valence-electron chi connectivity index (χ1n) is 5.96. The zero-order valence-electron chi connectivity index (χ0n) is 11.4. The van der Waals surface area contributed by atoms with Crippen LogP contribution in [0.15, 0.2) is 45.8 Å². The van der Waals surface area contributed by atoms with Gasteiger partial charge in [0.1, 0.15) is 11.6 Å². The Hall–Kier alpha value is -1.60. The van der Waals surface area contributed by atoms with E-state index in [1.54, 1.807) is 0 Å². The number of anilines is 1. The van der Waals surface area contributed by atoms with Crippen LogP contribution in [0.25, 0.3) is 0 Å². The van der Waals surface area contributed by atoms with Gasteiger partial charge in [-0.05, 0) is 53.2 Å². The fraction of sp³-hybridized carbons (Fsp3) is 0.143. The maximum atomic E-state index is 13.5. The van der Waals surface area contributed by atoms with Crippen LogP contribution in [0.5, 0.6) is 5.75 Å². The van der Waals surface area contributed by atoms with Gasteiger partial charge in [-0.1, -0.05) is 6.07 Å². The lowest BCUT2D eigenvalue weighted by Gasteiger charge is -2.12. The van der Waals surface area contributed by atoms with Gasteiger partial charge < -0.3 is 4.74 Å². The van der Waals surface area contributed by atoms with Gasteiger partial charge >= 0.3 is 0 Å². The summed E-state index contributed by atoms with van der Waals surface area (Å²) in [6.07, 6.45) is 0. The molecule has 0 fully saturated rings. The second-order valence-electron chi connectivity index (χ2n) is 4.31. The first-order valence-corrected chi connectivity index (χ1v) is 8.24. The van der Waals surface area contributed by atoms with E-state index in [-0.39, 0.29) is 16.1 Å². The zero-order valence-corrected chi connectivity index (χ0v) is 13.8. The Bertz CT molecular complexity index is 778. The third kappa shape index (κ3) is 3.36. The van der Waals surface area contributed by atoms with Crippen molar-refractivity contribution in [3.05, 3.63) is 52.3 Å². The fourth-order valence-corrected chi connectivity index (χ4v) is 3.58.